The maximum Gasteiger partial charge on any atom is 0.323 e. The zero-order chi connectivity index (χ0) is 13.1. The molecular weight excluding hydrogens is 270 g/mol. The Kier molecular flexibility index (Phi) is 3.88. The van der Waals surface area contributed by atoms with Crippen LogP contribution in [0.4, 0.5) is 0 Å². The van der Waals surface area contributed by atoms with E-state index in [0.717, 1.165) is 21.8 Å². The number of carboxylic acid groups (broad SMARTS) is 1. The molecule has 1 heterocycles. The van der Waals surface area contributed by atoms with E-state index in [1.807, 2.05) is 30.5 Å². The Balaban J connectivity index is 2.43. The van der Waals surface area contributed by atoms with Gasteiger partial charge in [-0.2, -0.15) is 0 Å². The lowest BCUT2D eigenvalue weighted by molar-refractivity contribution is -0.137. The topological polar surface area (TPSA) is 59.3 Å². The van der Waals surface area contributed by atoms with Crippen LogP contribution in [-0.4, -0.2) is 21.9 Å². The maximum absolute atomic E-state index is 11.6. The van der Waals surface area contributed by atoms with Gasteiger partial charge < -0.3 is 5.11 Å². The van der Waals surface area contributed by atoms with E-state index in [1.165, 1.54) is 4.57 Å². The minimum Gasteiger partial charge on any atom is -0.480 e. The van der Waals surface area contributed by atoms with Gasteiger partial charge in [0, 0.05) is 10.3 Å². The summed E-state index contributed by atoms with van der Waals surface area (Å²) in [5, 5.41) is 10.5. The number of benzene rings is 1. The number of aromatic nitrogens is 1. The molecule has 0 bridgehead atoms. The fourth-order valence-corrected chi connectivity index (χ4v) is 2.78. The molecule has 0 saturated heterocycles. The Bertz CT molecular complexity index is 613. The molecule has 2 aromatic rings. The zero-order valence-electron chi connectivity index (χ0n) is 9.62. The summed E-state index contributed by atoms with van der Waals surface area (Å²) in [6.07, 6.45) is 1.99. The molecule has 2 rings (SSSR count). The molecule has 0 spiro atoms. The summed E-state index contributed by atoms with van der Waals surface area (Å²) in [5.74, 6) is -1.02. The number of nitrogens with zero attached hydrogens (tertiary/aromatic N) is 1. The van der Waals surface area contributed by atoms with Crippen LogP contribution < -0.4 is 4.87 Å². The molecule has 94 valence electrons. The van der Waals surface area contributed by atoms with Crippen molar-refractivity contribution >= 4 is 29.1 Å². The predicted octanol–water partition coefficient (Wildman–Crippen LogP) is 2.38. The van der Waals surface area contributed by atoms with Crippen molar-refractivity contribution in [2.75, 3.05) is 6.26 Å². The van der Waals surface area contributed by atoms with Crippen LogP contribution in [0.5, 0.6) is 0 Å². The highest BCUT2D eigenvalue weighted by Gasteiger charge is 2.11. The largest absolute Gasteiger partial charge is 0.480 e. The molecule has 0 fully saturated rings. The van der Waals surface area contributed by atoms with E-state index in [4.69, 9.17) is 5.11 Å². The van der Waals surface area contributed by atoms with Crippen molar-refractivity contribution in [2.24, 2.45) is 0 Å². The van der Waals surface area contributed by atoms with E-state index < -0.39 is 5.97 Å². The van der Waals surface area contributed by atoms with Crippen molar-refractivity contribution in [3.8, 4) is 11.3 Å². The third-order valence-electron chi connectivity index (χ3n) is 2.46. The summed E-state index contributed by atoms with van der Waals surface area (Å²) in [7, 11) is 0. The molecule has 0 radical (unpaired) electrons. The number of aliphatic carboxylic acids is 1. The Morgan fingerprint density at radius 3 is 2.61 bits per heavy atom. The standard InChI is InChI=1S/C12H11NO3S2/c1-17-9-4-2-8(3-5-9)10-7-18-12(16)13(10)6-11(14)15/h2-5,7H,6H2,1H3,(H,14,15). The number of hydrogen-bond acceptors (Lipinski definition) is 4. The van der Waals surface area contributed by atoms with Gasteiger partial charge in [0.1, 0.15) is 6.54 Å². The van der Waals surface area contributed by atoms with E-state index >= 15 is 0 Å². The number of carbonyl (C=O) groups is 1. The van der Waals surface area contributed by atoms with Crippen LogP contribution in [-0.2, 0) is 11.3 Å². The monoisotopic (exact) mass is 281 g/mol. The first kappa shape index (κ1) is 12.9. The van der Waals surface area contributed by atoms with Crippen molar-refractivity contribution in [1.29, 1.82) is 0 Å². The van der Waals surface area contributed by atoms with Gasteiger partial charge in [0.05, 0.1) is 5.69 Å². The summed E-state index contributed by atoms with van der Waals surface area (Å²) in [5.41, 5.74) is 1.51. The molecule has 1 aromatic carbocycles. The third-order valence-corrected chi connectivity index (χ3v) is 3.97. The summed E-state index contributed by atoms with van der Waals surface area (Å²) in [4.78, 5) is 23.2. The van der Waals surface area contributed by atoms with E-state index in [-0.39, 0.29) is 11.4 Å². The van der Waals surface area contributed by atoms with Crippen LogP contribution in [0.1, 0.15) is 0 Å². The van der Waals surface area contributed by atoms with Crippen LogP contribution in [0.3, 0.4) is 0 Å². The number of hydrogen-bond donors (Lipinski definition) is 1. The lowest BCUT2D eigenvalue weighted by Gasteiger charge is -2.05. The van der Waals surface area contributed by atoms with E-state index in [0.29, 0.717) is 5.69 Å². The van der Waals surface area contributed by atoms with Gasteiger partial charge in [-0.1, -0.05) is 23.5 Å². The Morgan fingerprint density at radius 2 is 2.06 bits per heavy atom. The zero-order valence-corrected chi connectivity index (χ0v) is 11.3. The second-order valence-electron chi connectivity index (χ2n) is 3.60. The third kappa shape index (κ3) is 2.65. The van der Waals surface area contributed by atoms with E-state index in [1.54, 1.807) is 17.1 Å². The molecule has 6 heteroatoms. The molecule has 0 aliphatic rings. The molecule has 0 atom stereocenters. The average Bonchev–Trinajstić information content (AvgIpc) is 2.71. The fraction of sp³-hybridized carbons (Fsp3) is 0.167. The van der Waals surface area contributed by atoms with Crippen molar-refractivity contribution in [3.05, 3.63) is 39.3 Å². The van der Waals surface area contributed by atoms with Gasteiger partial charge in [0.15, 0.2) is 0 Å². The summed E-state index contributed by atoms with van der Waals surface area (Å²) in [6.45, 7) is -0.304. The molecular formula is C12H11NO3S2. The Hall–Kier alpha value is -1.53. The Morgan fingerprint density at radius 1 is 1.39 bits per heavy atom. The minimum atomic E-state index is -1.02. The van der Waals surface area contributed by atoms with Crippen LogP contribution >= 0.6 is 23.1 Å². The molecule has 4 nitrogen and oxygen atoms in total. The summed E-state index contributed by atoms with van der Waals surface area (Å²) >= 11 is 2.65. The number of thiazole rings is 1. The number of rotatable bonds is 4. The van der Waals surface area contributed by atoms with Crippen LogP contribution in [0.2, 0.25) is 0 Å². The van der Waals surface area contributed by atoms with Gasteiger partial charge in [-0.15, -0.1) is 11.8 Å². The maximum atomic E-state index is 11.6. The molecule has 1 aromatic heterocycles. The van der Waals surface area contributed by atoms with Gasteiger partial charge in [-0.3, -0.25) is 14.2 Å². The quantitative estimate of drug-likeness (QED) is 0.874. The molecule has 0 amide bonds. The van der Waals surface area contributed by atoms with E-state index in [9.17, 15) is 9.59 Å². The predicted molar refractivity (Wildman–Crippen MR) is 73.4 cm³/mol. The van der Waals surface area contributed by atoms with Gasteiger partial charge >= 0.3 is 10.8 Å². The molecule has 1 N–H and O–H groups in total. The highest BCUT2D eigenvalue weighted by molar-refractivity contribution is 7.98. The van der Waals surface area contributed by atoms with Crippen LogP contribution in [0, 0.1) is 0 Å². The van der Waals surface area contributed by atoms with Crippen molar-refractivity contribution in [3.63, 3.8) is 0 Å². The lowest BCUT2D eigenvalue weighted by Crippen LogP contribution is -2.19. The van der Waals surface area contributed by atoms with Crippen molar-refractivity contribution < 1.29 is 9.90 Å². The van der Waals surface area contributed by atoms with Gasteiger partial charge in [-0.05, 0) is 24.0 Å². The number of thioether (sulfide) groups is 1. The normalized spacial score (nSPS) is 10.5. The highest BCUT2D eigenvalue weighted by Crippen LogP contribution is 2.23. The van der Waals surface area contributed by atoms with E-state index in [2.05, 4.69) is 0 Å². The SMILES string of the molecule is CSc1ccc(-c2csc(=O)n2CC(=O)O)cc1. The second kappa shape index (κ2) is 5.41. The summed E-state index contributed by atoms with van der Waals surface area (Å²) in [6, 6.07) is 7.69. The van der Waals surface area contributed by atoms with Gasteiger partial charge in [0.25, 0.3) is 0 Å². The fourth-order valence-electron chi connectivity index (χ4n) is 1.60. The smallest absolute Gasteiger partial charge is 0.323 e. The van der Waals surface area contributed by atoms with Gasteiger partial charge in [0.2, 0.25) is 0 Å². The second-order valence-corrected chi connectivity index (χ2v) is 5.30. The first-order valence-corrected chi connectivity index (χ1v) is 7.27. The molecule has 0 saturated carbocycles. The minimum absolute atomic E-state index is 0.249. The molecule has 0 aliphatic carbocycles. The van der Waals surface area contributed by atoms with Crippen molar-refractivity contribution in [1.82, 2.24) is 4.57 Å². The first-order valence-electron chi connectivity index (χ1n) is 5.16. The van der Waals surface area contributed by atoms with Crippen molar-refractivity contribution in [2.45, 2.75) is 11.4 Å². The molecule has 0 unspecified atom stereocenters. The first-order chi connectivity index (χ1) is 8.61. The van der Waals surface area contributed by atoms with Crippen LogP contribution in [0.15, 0.2) is 39.3 Å². The molecule has 0 aliphatic heterocycles. The Labute approximate surface area is 112 Å². The van der Waals surface area contributed by atoms with Crippen LogP contribution in [0.25, 0.3) is 11.3 Å². The highest BCUT2D eigenvalue weighted by atomic mass is 32.2. The number of carboxylic acids is 1. The lowest BCUT2D eigenvalue weighted by atomic mass is 10.2. The summed E-state index contributed by atoms with van der Waals surface area (Å²) < 4.78 is 1.28. The van der Waals surface area contributed by atoms with Gasteiger partial charge in [-0.25, -0.2) is 0 Å². The average molecular weight is 281 g/mol. The molecule has 18 heavy (non-hydrogen) atoms.